The van der Waals surface area contributed by atoms with Crippen LogP contribution in [0.3, 0.4) is 0 Å². The van der Waals surface area contributed by atoms with Crippen LogP contribution in [-0.4, -0.2) is 28.1 Å². The van der Waals surface area contributed by atoms with E-state index in [-0.39, 0.29) is 5.91 Å². The second-order valence-corrected chi connectivity index (χ2v) is 7.01. The largest absolute Gasteiger partial charge is 0.496 e. The summed E-state index contributed by atoms with van der Waals surface area (Å²) in [6, 6.07) is 9.24. The molecule has 1 N–H and O–H groups in total. The Morgan fingerprint density at radius 1 is 1.35 bits per heavy atom. The lowest BCUT2D eigenvalue weighted by molar-refractivity contribution is 0.0912. The molecule has 26 heavy (non-hydrogen) atoms. The number of hydrogen-bond acceptors (Lipinski definition) is 3. The lowest BCUT2D eigenvalue weighted by Gasteiger charge is -2.27. The monoisotopic (exact) mass is 355 g/mol. The average Bonchev–Trinajstić information content (AvgIpc) is 2.88. The van der Waals surface area contributed by atoms with E-state index in [4.69, 9.17) is 4.74 Å². The van der Waals surface area contributed by atoms with Gasteiger partial charge in [-0.25, -0.2) is 9.37 Å². The second-order valence-electron chi connectivity index (χ2n) is 7.01. The summed E-state index contributed by atoms with van der Waals surface area (Å²) < 4.78 is 20.9. The van der Waals surface area contributed by atoms with E-state index in [0.717, 1.165) is 11.3 Å². The maximum atomic E-state index is 14.0. The van der Waals surface area contributed by atoms with Crippen molar-refractivity contribution in [1.82, 2.24) is 14.9 Å². The van der Waals surface area contributed by atoms with Gasteiger partial charge in [0, 0.05) is 25.0 Å². The fraction of sp³-hybridized carbons (Fsp3) is 0.300. The molecule has 3 aromatic rings. The molecule has 0 aliphatic carbocycles. The Balaban J connectivity index is 1.81. The van der Waals surface area contributed by atoms with Crippen molar-refractivity contribution in [1.29, 1.82) is 0 Å². The smallest absolute Gasteiger partial charge is 0.253 e. The van der Waals surface area contributed by atoms with Gasteiger partial charge < -0.3 is 14.6 Å². The third-order valence-corrected chi connectivity index (χ3v) is 4.30. The zero-order chi connectivity index (χ0) is 18.9. The van der Waals surface area contributed by atoms with Gasteiger partial charge in [-0.3, -0.25) is 4.79 Å². The van der Waals surface area contributed by atoms with Crippen molar-refractivity contribution in [3.63, 3.8) is 0 Å². The molecule has 2 heterocycles. The van der Waals surface area contributed by atoms with E-state index in [2.05, 4.69) is 10.3 Å². The highest BCUT2D eigenvalue weighted by Crippen LogP contribution is 2.23. The van der Waals surface area contributed by atoms with E-state index < -0.39 is 11.4 Å². The number of pyridine rings is 1. The van der Waals surface area contributed by atoms with Crippen LogP contribution in [0.1, 0.15) is 29.8 Å². The number of nitrogens with one attached hydrogen (secondary N) is 1. The van der Waals surface area contributed by atoms with Gasteiger partial charge in [0.1, 0.15) is 17.2 Å². The van der Waals surface area contributed by atoms with Crippen molar-refractivity contribution in [2.75, 3.05) is 7.11 Å². The predicted molar refractivity (Wildman–Crippen MR) is 98.9 cm³/mol. The molecule has 0 bridgehead atoms. The standard InChI is InChI=1S/C20H22FN3O2/c1-20(2,10-13-7-5-6-8-17(13)26-4)23-19(25)14-9-15-16(21)12-24(3)18(15)22-11-14/h5-9,11-12H,10H2,1-4H3,(H,23,25). The number of ether oxygens (including phenoxy) is 1. The lowest BCUT2D eigenvalue weighted by Crippen LogP contribution is -2.45. The molecule has 136 valence electrons. The average molecular weight is 355 g/mol. The summed E-state index contributed by atoms with van der Waals surface area (Å²) in [5.74, 6) is 0.102. The van der Waals surface area contributed by atoms with Gasteiger partial charge in [-0.15, -0.1) is 0 Å². The number of hydrogen-bond donors (Lipinski definition) is 1. The van der Waals surface area contributed by atoms with Crippen molar-refractivity contribution in [2.24, 2.45) is 7.05 Å². The van der Waals surface area contributed by atoms with Crippen molar-refractivity contribution in [3.05, 3.63) is 59.7 Å². The number of rotatable bonds is 5. The molecule has 3 rings (SSSR count). The van der Waals surface area contributed by atoms with Gasteiger partial charge >= 0.3 is 0 Å². The quantitative estimate of drug-likeness (QED) is 0.762. The van der Waals surface area contributed by atoms with Crippen molar-refractivity contribution in [3.8, 4) is 5.75 Å². The highest BCUT2D eigenvalue weighted by molar-refractivity contribution is 5.97. The molecule has 5 nitrogen and oxygen atoms in total. The van der Waals surface area contributed by atoms with E-state index in [0.29, 0.717) is 23.0 Å². The Hall–Kier alpha value is -2.89. The summed E-state index contributed by atoms with van der Waals surface area (Å²) in [6.45, 7) is 3.87. The van der Waals surface area contributed by atoms with Crippen LogP contribution in [0.2, 0.25) is 0 Å². The molecule has 0 spiro atoms. The fourth-order valence-corrected chi connectivity index (χ4v) is 3.09. The number of aromatic nitrogens is 2. The molecule has 1 aromatic carbocycles. The highest BCUT2D eigenvalue weighted by atomic mass is 19.1. The van der Waals surface area contributed by atoms with Crippen LogP contribution in [0.15, 0.2) is 42.7 Å². The first-order valence-electron chi connectivity index (χ1n) is 8.36. The topological polar surface area (TPSA) is 56.1 Å². The Bertz CT molecular complexity index is 963. The number of benzene rings is 1. The fourth-order valence-electron chi connectivity index (χ4n) is 3.09. The second kappa shape index (κ2) is 6.78. The highest BCUT2D eigenvalue weighted by Gasteiger charge is 2.24. The van der Waals surface area contributed by atoms with Crippen LogP contribution in [0, 0.1) is 5.82 Å². The molecule has 0 atom stereocenters. The number of amides is 1. The summed E-state index contributed by atoms with van der Waals surface area (Å²) in [5.41, 5.74) is 1.32. The van der Waals surface area contributed by atoms with Crippen LogP contribution >= 0.6 is 0 Å². The SMILES string of the molecule is COc1ccccc1CC(C)(C)NC(=O)c1cnc2c(c1)c(F)cn2C. The number of carbonyl (C=O) groups is 1. The molecule has 0 saturated heterocycles. The number of fused-ring (bicyclic) bond motifs is 1. The predicted octanol–water partition coefficient (Wildman–Crippen LogP) is 3.47. The first kappa shape index (κ1) is 17.9. The van der Waals surface area contributed by atoms with E-state index in [1.165, 1.54) is 18.5 Å². The van der Waals surface area contributed by atoms with Crippen LogP contribution in [0.5, 0.6) is 5.75 Å². The summed E-state index contributed by atoms with van der Waals surface area (Å²) in [6.07, 6.45) is 3.42. The van der Waals surface area contributed by atoms with Crippen LogP contribution in [-0.2, 0) is 13.5 Å². The number of halogens is 1. The first-order chi connectivity index (χ1) is 12.3. The summed E-state index contributed by atoms with van der Waals surface area (Å²) in [4.78, 5) is 16.9. The maximum absolute atomic E-state index is 14.0. The number of carbonyl (C=O) groups excluding carboxylic acids is 1. The minimum atomic E-state index is -0.518. The Labute approximate surface area is 151 Å². The zero-order valence-corrected chi connectivity index (χ0v) is 15.3. The first-order valence-corrected chi connectivity index (χ1v) is 8.36. The number of nitrogens with zero attached hydrogens (tertiary/aromatic N) is 2. The van der Waals surface area contributed by atoms with Gasteiger partial charge in [-0.2, -0.15) is 0 Å². The lowest BCUT2D eigenvalue weighted by atomic mass is 9.94. The molecule has 0 aliphatic rings. The molecule has 1 amide bonds. The number of para-hydroxylation sites is 1. The van der Waals surface area contributed by atoms with Crippen molar-refractivity contribution >= 4 is 16.9 Å². The van der Waals surface area contributed by atoms with E-state index >= 15 is 0 Å². The zero-order valence-electron chi connectivity index (χ0n) is 15.3. The van der Waals surface area contributed by atoms with Gasteiger partial charge in [0.2, 0.25) is 0 Å². The van der Waals surface area contributed by atoms with E-state index in [9.17, 15) is 9.18 Å². The normalized spacial score (nSPS) is 11.6. The van der Waals surface area contributed by atoms with Crippen molar-refractivity contribution in [2.45, 2.75) is 25.8 Å². The number of aryl methyl sites for hydroxylation is 1. The van der Waals surface area contributed by atoms with Gasteiger partial charge in [-0.1, -0.05) is 18.2 Å². The van der Waals surface area contributed by atoms with Crippen molar-refractivity contribution < 1.29 is 13.9 Å². The van der Waals surface area contributed by atoms with Gasteiger partial charge in [0.25, 0.3) is 5.91 Å². The molecular weight excluding hydrogens is 333 g/mol. The third-order valence-electron chi connectivity index (χ3n) is 4.30. The van der Waals surface area contributed by atoms with E-state index in [1.54, 1.807) is 18.7 Å². The third kappa shape index (κ3) is 3.54. The minimum Gasteiger partial charge on any atom is -0.496 e. The summed E-state index contributed by atoms with van der Waals surface area (Å²) in [5, 5.41) is 3.34. The van der Waals surface area contributed by atoms with E-state index in [1.807, 2.05) is 38.1 Å². The summed E-state index contributed by atoms with van der Waals surface area (Å²) in [7, 11) is 3.34. The minimum absolute atomic E-state index is 0.289. The Morgan fingerprint density at radius 2 is 2.08 bits per heavy atom. The molecule has 0 aliphatic heterocycles. The molecular formula is C20H22FN3O2. The summed E-state index contributed by atoms with van der Waals surface area (Å²) >= 11 is 0. The Morgan fingerprint density at radius 3 is 2.81 bits per heavy atom. The number of methoxy groups -OCH3 is 1. The van der Waals surface area contributed by atoms with Crippen LogP contribution in [0.25, 0.3) is 11.0 Å². The maximum Gasteiger partial charge on any atom is 0.253 e. The van der Waals surface area contributed by atoms with Crippen LogP contribution < -0.4 is 10.1 Å². The molecule has 2 aromatic heterocycles. The Kier molecular flexibility index (Phi) is 4.68. The molecule has 0 radical (unpaired) electrons. The van der Waals surface area contributed by atoms with Gasteiger partial charge in [0.05, 0.1) is 18.1 Å². The molecule has 0 saturated carbocycles. The van der Waals surface area contributed by atoms with Crippen LogP contribution in [0.4, 0.5) is 4.39 Å². The van der Waals surface area contributed by atoms with Gasteiger partial charge in [-0.05, 0) is 38.0 Å². The molecule has 0 fully saturated rings. The molecule has 6 heteroatoms. The van der Waals surface area contributed by atoms with Gasteiger partial charge in [0.15, 0.2) is 0 Å². The molecule has 0 unspecified atom stereocenters.